The monoisotopic (exact) mass is 470 g/mol. The molecule has 0 atom stereocenters. The molecule has 0 bridgehead atoms. The highest BCUT2D eigenvalue weighted by molar-refractivity contribution is 6.30. The van der Waals surface area contributed by atoms with Crippen LogP contribution >= 0.6 is 11.6 Å². The molecule has 170 valence electrons. The number of carbonyl (C=O) groups excluding carboxylic acids is 2. The summed E-state index contributed by atoms with van der Waals surface area (Å²) in [6.07, 6.45) is 1.41. The van der Waals surface area contributed by atoms with Gasteiger partial charge in [0.1, 0.15) is 11.6 Å². The quantitative estimate of drug-likeness (QED) is 0.213. The highest BCUT2D eigenvalue weighted by Gasteiger charge is 2.13. The predicted molar refractivity (Wildman–Crippen MR) is 122 cm³/mol. The first-order valence-corrected chi connectivity index (χ1v) is 10.3. The normalized spacial score (nSPS) is 10.6. The van der Waals surface area contributed by atoms with Crippen molar-refractivity contribution in [3.05, 3.63) is 88.7 Å². The number of hydrogen-bond acceptors (Lipinski definition) is 6. The number of hydrazone groups is 1. The van der Waals surface area contributed by atoms with E-state index in [0.717, 1.165) is 0 Å². The Labute approximate surface area is 194 Å². The van der Waals surface area contributed by atoms with Crippen molar-refractivity contribution in [3.8, 4) is 17.2 Å². The molecular weight excluding hydrogens is 451 g/mol. The number of rotatable bonds is 9. The van der Waals surface area contributed by atoms with Gasteiger partial charge in [-0.2, -0.15) is 5.10 Å². The van der Waals surface area contributed by atoms with Crippen LogP contribution in [0.25, 0.3) is 0 Å². The number of amides is 1. The van der Waals surface area contributed by atoms with Gasteiger partial charge >= 0.3 is 5.97 Å². The summed E-state index contributed by atoms with van der Waals surface area (Å²) in [6.45, 7) is 1.86. The van der Waals surface area contributed by atoms with Crippen LogP contribution in [0.4, 0.5) is 4.39 Å². The first-order chi connectivity index (χ1) is 15.9. The topological polar surface area (TPSA) is 86.2 Å². The SMILES string of the molecule is CCOc1cc(C=NNC(=O)COc2ccc(F)cc2)ccc1OC(=O)c1ccc(Cl)cc1. The van der Waals surface area contributed by atoms with Crippen LogP contribution in [0.1, 0.15) is 22.8 Å². The molecule has 0 saturated heterocycles. The molecule has 3 aromatic carbocycles. The van der Waals surface area contributed by atoms with Gasteiger partial charge in [0, 0.05) is 5.02 Å². The molecule has 7 nitrogen and oxygen atoms in total. The summed E-state index contributed by atoms with van der Waals surface area (Å²) in [5, 5.41) is 4.39. The summed E-state index contributed by atoms with van der Waals surface area (Å²) in [5.41, 5.74) is 3.28. The molecule has 0 aromatic heterocycles. The summed E-state index contributed by atoms with van der Waals surface area (Å²) >= 11 is 5.84. The number of nitrogens with zero attached hydrogens (tertiary/aromatic N) is 1. The van der Waals surface area contributed by atoms with Gasteiger partial charge in [-0.15, -0.1) is 0 Å². The summed E-state index contributed by atoms with van der Waals surface area (Å²) in [6, 6.07) is 16.5. The molecule has 0 heterocycles. The zero-order valence-corrected chi connectivity index (χ0v) is 18.3. The van der Waals surface area contributed by atoms with E-state index in [1.54, 1.807) is 49.4 Å². The second-order valence-electron chi connectivity index (χ2n) is 6.57. The van der Waals surface area contributed by atoms with Crippen molar-refractivity contribution in [2.75, 3.05) is 13.2 Å². The lowest BCUT2D eigenvalue weighted by atomic mass is 10.2. The molecule has 3 rings (SSSR count). The number of halogens is 2. The van der Waals surface area contributed by atoms with Crippen molar-refractivity contribution in [1.29, 1.82) is 0 Å². The van der Waals surface area contributed by atoms with Crippen LogP contribution in [0.5, 0.6) is 17.2 Å². The van der Waals surface area contributed by atoms with E-state index in [1.807, 2.05) is 0 Å². The molecule has 0 aliphatic rings. The molecule has 3 aromatic rings. The molecule has 33 heavy (non-hydrogen) atoms. The van der Waals surface area contributed by atoms with Gasteiger partial charge in [0.25, 0.3) is 5.91 Å². The van der Waals surface area contributed by atoms with Gasteiger partial charge < -0.3 is 14.2 Å². The average molecular weight is 471 g/mol. The van der Waals surface area contributed by atoms with Gasteiger partial charge in [0.15, 0.2) is 18.1 Å². The van der Waals surface area contributed by atoms with Crippen molar-refractivity contribution >= 4 is 29.7 Å². The summed E-state index contributed by atoms with van der Waals surface area (Å²) in [4.78, 5) is 24.2. The third kappa shape index (κ3) is 7.33. The van der Waals surface area contributed by atoms with Gasteiger partial charge in [0.05, 0.1) is 18.4 Å². The summed E-state index contributed by atoms with van der Waals surface area (Å²) < 4.78 is 29.1. The fraction of sp³-hybridized carbons (Fsp3) is 0.125. The predicted octanol–water partition coefficient (Wildman–Crippen LogP) is 4.63. The lowest BCUT2D eigenvalue weighted by Gasteiger charge is -2.11. The second-order valence-corrected chi connectivity index (χ2v) is 7.01. The Balaban J connectivity index is 1.58. The molecule has 0 radical (unpaired) electrons. The maximum atomic E-state index is 12.9. The van der Waals surface area contributed by atoms with Crippen molar-refractivity contribution in [2.24, 2.45) is 5.10 Å². The van der Waals surface area contributed by atoms with Gasteiger partial charge in [-0.05, 0) is 79.2 Å². The van der Waals surface area contributed by atoms with Gasteiger partial charge in [-0.25, -0.2) is 14.6 Å². The fourth-order valence-electron chi connectivity index (χ4n) is 2.59. The van der Waals surface area contributed by atoms with Crippen molar-refractivity contribution in [1.82, 2.24) is 5.43 Å². The Morgan fingerprint density at radius 2 is 1.73 bits per heavy atom. The van der Waals surface area contributed by atoms with Crippen molar-refractivity contribution in [3.63, 3.8) is 0 Å². The van der Waals surface area contributed by atoms with E-state index in [0.29, 0.717) is 34.3 Å². The Hall–Kier alpha value is -3.91. The Morgan fingerprint density at radius 1 is 1.00 bits per heavy atom. The van der Waals surface area contributed by atoms with E-state index in [9.17, 15) is 14.0 Å². The largest absolute Gasteiger partial charge is 0.490 e. The van der Waals surface area contributed by atoms with Crippen LogP contribution in [0, 0.1) is 5.82 Å². The fourth-order valence-corrected chi connectivity index (χ4v) is 2.72. The maximum absolute atomic E-state index is 12.9. The highest BCUT2D eigenvalue weighted by atomic mass is 35.5. The molecule has 1 N–H and O–H groups in total. The van der Waals surface area contributed by atoms with Crippen molar-refractivity contribution in [2.45, 2.75) is 6.92 Å². The van der Waals surface area contributed by atoms with E-state index in [1.165, 1.54) is 30.5 Å². The molecule has 1 amide bonds. The van der Waals surface area contributed by atoms with Gasteiger partial charge in [-0.1, -0.05) is 11.6 Å². The first kappa shape index (κ1) is 23.7. The minimum absolute atomic E-state index is 0.241. The molecule has 0 unspecified atom stereocenters. The molecule has 9 heteroatoms. The van der Waals surface area contributed by atoms with E-state index in [-0.39, 0.29) is 12.4 Å². The summed E-state index contributed by atoms with van der Waals surface area (Å²) in [5.74, 6) is -0.494. The molecule has 0 spiro atoms. The number of carbonyl (C=O) groups is 2. The van der Waals surface area contributed by atoms with Crippen LogP contribution in [-0.2, 0) is 4.79 Å². The van der Waals surface area contributed by atoms with Crippen molar-refractivity contribution < 1.29 is 28.2 Å². The minimum Gasteiger partial charge on any atom is -0.490 e. The third-order valence-electron chi connectivity index (χ3n) is 4.14. The zero-order chi connectivity index (χ0) is 23.6. The second kappa shape index (κ2) is 11.6. The maximum Gasteiger partial charge on any atom is 0.343 e. The number of benzene rings is 3. The van der Waals surface area contributed by atoms with Crippen LogP contribution in [-0.4, -0.2) is 31.3 Å². The molecular formula is C24H20ClFN2O5. The third-order valence-corrected chi connectivity index (χ3v) is 4.39. The highest BCUT2D eigenvalue weighted by Crippen LogP contribution is 2.29. The van der Waals surface area contributed by atoms with E-state index in [4.69, 9.17) is 25.8 Å². The minimum atomic E-state index is -0.553. The molecule has 0 aliphatic heterocycles. The lowest BCUT2D eigenvalue weighted by Crippen LogP contribution is -2.24. The molecule has 0 aliphatic carbocycles. The van der Waals surface area contributed by atoms with E-state index in [2.05, 4.69) is 10.5 Å². The van der Waals surface area contributed by atoms with E-state index >= 15 is 0 Å². The number of esters is 1. The summed E-state index contributed by atoms with van der Waals surface area (Å²) in [7, 11) is 0. The standard InChI is InChI=1S/C24H20ClFN2O5/c1-2-31-22-13-16(3-12-21(22)33-24(30)17-4-6-18(25)7-5-17)14-27-28-23(29)15-32-20-10-8-19(26)9-11-20/h3-14H,2,15H2,1H3,(H,28,29). The van der Waals surface area contributed by atoms with Gasteiger partial charge in [-0.3, -0.25) is 4.79 Å². The van der Waals surface area contributed by atoms with Crippen LogP contribution in [0.2, 0.25) is 5.02 Å². The van der Waals surface area contributed by atoms with Gasteiger partial charge in [0.2, 0.25) is 0 Å². The Morgan fingerprint density at radius 3 is 2.42 bits per heavy atom. The lowest BCUT2D eigenvalue weighted by molar-refractivity contribution is -0.123. The van der Waals surface area contributed by atoms with Crippen LogP contribution in [0.3, 0.4) is 0 Å². The average Bonchev–Trinajstić information content (AvgIpc) is 2.81. The van der Waals surface area contributed by atoms with E-state index < -0.39 is 17.7 Å². The van der Waals surface area contributed by atoms with Crippen LogP contribution < -0.4 is 19.6 Å². The number of hydrogen-bond donors (Lipinski definition) is 1. The molecule has 0 saturated carbocycles. The Bertz CT molecular complexity index is 1130. The van der Waals surface area contributed by atoms with Crippen LogP contribution in [0.15, 0.2) is 71.8 Å². The first-order valence-electron chi connectivity index (χ1n) is 9.89. The Kier molecular flexibility index (Phi) is 8.37. The number of nitrogens with one attached hydrogen (secondary N) is 1. The number of ether oxygens (including phenoxy) is 3. The smallest absolute Gasteiger partial charge is 0.343 e. The zero-order valence-electron chi connectivity index (χ0n) is 17.6. The molecule has 0 fully saturated rings.